The van der Waals surface area contributed by atoms with Crippen molar-refractivity contribution in [1.82, 2.24) is 0 Å². The van der Waals surface area contributed by atoms with E-state index in [1.54, 1.807) is 5.31 Å². The third-order valence-electron chi connectivity index (χ3n) is 3.48. The highest BCUT2D eigenvalue weighted by Crippen LogP contribution is 2.65. The number of hydrogen-bond acceptors (Lipinski definition) is 0. The lowest BCUT2D eigenvalue weighted by atomic mass is 9.94. The molecule has 92 valence electrons. The van der Waals surface area contributed by atoms with Crippen LogP contribution in [-0.2, 0) is 0 Å². The van der Waals surface area contributed by atoms with Crippen molar-refractivity contribution in [2.24, 2.45) is 11.3 Å². The van der Waals surface area contributed by atoms with Gasteiger partial charge in [-0.3, -0.25) is 0 Å². The van der Waals surface area contributed by atoms with Crippen molar-refractivity contribution < 1.29 is 1.37 Å². The minimum absolute atomic E-state index is 0.197. The van der Waals surface area contributed by atoms with E-state index < -0.39 is 7.92 Å². The van der Waals surface area contributed by atoms with Crippen LogP contribution in [-0.4, -0.2) is 0 Å². The van der Waals surface area contributed by atoms with Crippen LogP contribution in [0.5, 0.6) is 0 Å². The van der Waals surface area contributed by atoms with Gasteiger partial charge in [-0.15, -0.1) is 0 Å². The molecule has 0 radical (unpaired) electrons. The molecule has 0 saturated carbocycles. The van der Waals surface area contributed by atoms with E-state index in [1.807, 2.05) is 18.2 Å². The Labute approximate surface area is 112 Å². The van der Waals surface area contributed by atoms with E-state index in [4.69, 9.17) is 1.37 Å². The Balaban J connectivity index is 2.10. The molecule has 0 bridgehead atoms. The van der Waals surface area contributed by atoms with Crippen LogP contribution in [0.3, 0.4) is 0 Å². The predicted octanol–water partition coefficient (Wildman–Crippen LogP) is 4.81. The minimum atomic E-state index is -0.409. The largest absolute Gasteiger partial charge is 0.0732 e. The molecule has 0 saturated heterocycles. The standard InChI is InChI=1S/C17H19P/c1-17(2,3)16-12-13-8-7-11-15(13)18(16)14-9-5-4-6-10-14/h4-13H,1-3H3/i5D. The van der Waals surface area contributed by atoms with Crippen molar-refractivity contribution in [1.29, 1.82) is 0 Å². The fraction of sp³-hybridized carbons (Fsp3) is 0.294. The van der Waals surface area contributed by atoms with Crippen molar-refractivity contribution in [2.45, 2.75) is 20.8 Å². The second-order valence-electron chi connectivity index (χ2n) is 5.90. The number of allylic oxidation sites excluding steroid dienone is 6. The smallest absolute Gasteiger partial charge is 0.0623 e. The van der Waals surface area contributed by atoms with Gasteiger partial charge in [-0.1, -0.05) is 75.4 Å². The fourth-order valence-corrected chi connectivity index (χ4v) is 5.60. The first kappa shape index (κ1) is 10.8. The summed E-state index contributed by atoms with van der Waals surface area (Å²) < 4.78 is 7.87. The van der Waals surface area contributed by atoms with Gasteiger partial charge in [0.25, 0.3) is 0 Å². The van der Waals surface area contributed by atoms with Crippen molar-refractivity contribution in [3.63, 3.8) is 0 Å². The molecule has 18 heavy (non-hydrogen) atoms. The highest BCUT2D eigenvalue weighted by atomic mass is 31.1. The van der Waals surface area contributed by atoms with E-state index in [1.165, 1.54) is 10.6 Å². The van der Waals surface area contributed by atoms with Crippen LogP contribution in [0.15, 0.2) is 65.2 Å². The summed E-state index contributed by atoms with van der Waals surface area (Å²) >= 11 is 0. The van der Waals surface area contributed by atoms with E-state index in [0.29, 0.717) is 12.0 Å². The third-order valence-corrected chi connectivity index (χ3v) is 6.54. The lowest BCUT2D eigenvalue weighted by Crippen LogP contribution is -2.11. The first-order valence-electron chi connectivity index (χ1n) is 6.94. The van der Waals surface area contributed by atoms with Gasteiger partial charge in [-0.25, -0.2) is 0 Å². The molecule has 0 amide bonds. The zero-order valence-corrected chi connectivity index (χ0v) is 12.0. The average Bonchev–Trinajstić information content (AvgIpc) is 2.86. The summed E-state index contributed by atoms with van der Waals surface area (Å²) in [4.78, 5) is 0. The van der Waals surface area contributed by atoms with Gasteiger partial charge < -0.3 is 0 Å². The zero-order valence-electron chi connectivity index (χ0n) is 12.1. The normalized spacial score (nSPS) is 26.7. The van der Waals surface area contributed by atoms with Crippen molar-refractivity contribution in [3.8, 4) is 0 Å². The first-order valence-corrected chi connectivity index (χ1v) is 7.78. The van der Waals surface area contributed by atoms with Gasteiger partial charge >= 0.3 is 0 Å². The number of benzene rings is 1. The van der Waals surface area contributed by atoms with Gasteiger partial charge in [0.05, 0.1) is 1.37 Å². The molecular formula is C17H19P. The zero-order chi connectivity index (χ0) is 13.6. The summed E-state index contributed by atoms with van der Waals surface area (Å²) in [5, 5.41) is 4.40. The third kappa shape index (κ3) is 1.89. The molecule has 1 heteroatoms. The molecule has 0 N–H and O–H groups in total. The van der Waals surface area contributed by atoms with Crippen LogP contribution in [0.4, 0.5) is 0 Å². The monoisotopic (exact) mass is 255 g/mol. The van der Waals surface area contributed by atoms with E-state index in [2.05, 4.69) is 51.1 Å². The second kappa shape index (κ2) is 4.21. The summed E-state index contributed by atoms with van der Waals surface area (Å²) in [6.45, 7) is 6.89. The first-order chi connectivity index (χ1) is 8.97. The molecule has 0 nitrogen and oxygen atoms in total. The SMILES string of the molecule is [2H]c1cccc(P2C3=CC=CC3C=C2C(C)(C)C)c1. The average molecular weight is 255 g/mol. The Hall–Kier alpha value is -1.13. The topological polar surface area (TPSA) is 0 Å². The Kier molecular flexibility index (Phi) is 2.52. The minimum Gasteiger partial charge on any atom is -0.0732 e. The highest BCUT2D eigenvalue weighted by molar-refractivity contribution is 7.74. The maximum Gasteiger partial charge on any atom is 0.0623 e. The van der Waals surface area contributed by atoms with Crippen molar-refractivity contribution >= 4 is 13.2 Å². The second-order valence-corrected chi connectivity index (χ2v) is 8.09. The molecule has 0 aromatic heterocycles. The number of hydrogen-bond donors (Lipinski definition) is 0. The molecule has 2 unspecified atom stereocenters. The van der Waals surface area contributed by atoms with E-state index in [9.17, 15) is 0 Å². The van der Waals surface area contributed by atoms with E-state index >= 15 is 0 Å². The van der Waals surface area contributed by atoms with Crippen LogP contribution in [0.1, 0.15) is 22.1 Å². The lowest BCUT2D eigenvalue weighted by Gasteiger charge is -2.28. The molecular weight excluding hydrogens is 235 g/mol. The Morgan fingerprint density at radius 3 is 2.78 bits per heavy atom. The molecule has 1 aromatic rings. The summed E-state index contributed by atoms with van der Waals surface area (Å²) in [6, 6.07) is 8.70. The maximum atomic E-state index is 7.87. The lowest BCUT2D eigenvalue weighted by molar-refractivity contribution is 0.531. The molecule has 1 aliphatic carbocycles. The Morgan fingerprint density at radius 2 is 2.06 bits per heavy atom. The van der Waals surface area contributed by atoms with Crippen LogP contribution in [0, 0.1) is 11.3 Å². The highest BCUT2D eigenvalue weighted by Gasteiger charge is 2.37. The van der Waals surface area contributed by atoms with Crippen LogP contribution in [0.2, 0.25) is 0 Å². The van der Waals surface area contributed by atoms with Gasteiger partial charge in [0.1, 0.15) is 0 Å². The maximum absolute atomic E-state index is 7.87. The Morgan fingerprint density at radius 1 is 1.22 bits per heavy atom. The Bertz CT molecular complexity index is 602. The van der Waals surface area contributed by atoms with Crippen molar-refractivity contribution in [2.75, 3.05) is 0 Å². The molecule has 2 aliphatic rings. The van der Waals surface area contributed by atoms with Gasteiger partial charge in [-0.2, -0.15) is 0 Å². The van der Waals surface area contributed by atoms with Gasteiger partial charge in [0, 0.05) is 5.92 Å². The molecule has 2 atom stereocenters. The molecule has 3 rings (SSSR count). The van der Waals surface area contributed by atoms with Gasteiger partial charge in [0.2, 0.25) is 0 Å². The number of fused-ring (bicyclic) bond motifs is 1. The quantitative estimate of drug-likeness (QED) is 0.632. The summed E-state index contributed by atoms with van der Waals surface area (Å²) in [5.74, 6) is 0.495. The number of rotatable bonds is 1. The molecule has 0 fully saturated rings. The summed E-state index contributed by atoms with van der Waals surface area (Å²) in [7, 11) is -0.409. The summed E-state index contributed by atoms with van der Waals surface area (Å²) in [5.41, 5.74) is 0.197. The van der Waals surface area contributed by atoms with E-state index in [-0.39, 0.29) is 5.41 Å². The summed E-state index contributed by atoms with van der Waals surface area (Å²) in [6.07, 6.45) is 9.18. The van der Waals surface area contributed by atoms with Gasteiger partial charge in [0.15, 0.2) is 0 Å². The van der Waals surface area contributed by atoms with E-state index in [0.717, 1.165) is 0 Å². The van der Waals surface area contributed by atoms with Crippen LogP contribution < -0.4 is 5.30 Å². The molecule has 0 spiro atoms. The van der Waals surface area contributed by atoms with Crippen molar-refractivity contribution in [3.05, 3.63) is 65.2 Å². The predicted molar refractivity (Wildman–Crippen MR) is 81.2 cm³/mol. The van der Waals surface area contributed by atoms with Crippen LogP contribution >= 0.6 is 7.92 Å². The molecule has 1 aromatic carbocycles. The molecule has 1 heterocycles. The van der Waals surface area contributed by atoms with Crippen LogP contribution in [0.25, 0.3) is 0 Å². The molecule has 1 aliphatic heterocycles. The fourth-order valence-electron chi connectivity index (χ4n) is 2.63. The van der Waals surface area contributed by atoms with Gasteiger partial charge in [-0.05, 0) is 29.3 Å².